The zero-order valence-electron chi connectivity index (χ0n) is 19.9. The number of aromatic nitrogens is 4. The number of likely N-dealkylation sites (tertiary alicyclic amines) is 1. The van der Waals surface area contributed by atoms with Crippen LogP contribution in [0.3, 0.4) is 0 Å². The number of nitrogens with two attached hydrogens (primary N) is 1. The predicted octanol–water partition coefficient (Wildman–Crippen LogP) is 4.21. The van der Waals surface area contributed by atoms with Crippen molar-refractivity contribution in [2.24, 2.45) is 0 Å². The second kappa shape index (κ2) is 9.88. The van der Waals surface area contributed by atoms with Crippen molar-refractivity contribution < 1.29 is 4.79 Å². The van der Waals surface area contributed by atoms with E-state index in [0.29, 0.717) is 34.3 Å². The Kier molecular flexibility index (Phi) is 6.33. The average molecular weight is 479 g/mol. The van der Waals surface area contributed by atoms with Gasteiger partial charge >= 0.3 is 0 Å². The van der Waals surface area contributed by atoms with E-state index >= 15 is 0 Å². The quantitative estimate of drug-likeness (QED) is 0.440. The number of allylic oxidation sites excluding steroid dienone is 1. The van der Waals surface area contributed by atoms with Gasteiger partial charge in [0, 0.05) is 42.5 Å². The molecule has 4 heterocycles. The van der Waals surface area contributed by atoms with Crippen LogP contribution >= 0.6 is 0 Å². The summed E-state index contributed by atoms with van der Waals surface area (Å²) in [5.74, 6) is 1.14. The molecule has 1 unspecified atom stereocenters. The van der Waals surface area contributed by atoms with Crippen LogP contribution in [0.2, 0.25) is 0 Å². The highest BCUT2D eigenvalue weighted by Crippen LogP contribution is 2.34. The summed E-state index contributed by atoms with van der Waals surface area (Å²) in [7, 11) is 0. The van der Waals surface area contributed by atoms with Crippen molar-refractivity contribution in [2.45, 2.75) is 25.7 Å². The first-order chi connectivity index (χ1) is 17.6. The molecule has 0 aliphatic carbocycles. The Labute approximate surface area is 208 Å². The maximum absolute atomic E-state index is 12.8. The lowest BCUT2D eigenvalue weighted by Crippen LogP contribution is -2.30. The Bertz CT molecular complexity index is 1490. The molecule has 4 aromatic rings. The Balaban J connectivity index is 1.55. The summed E-state index contributed by atoms with van der Waals surface area (Å²) in [6.07, 6.45) is 9.52. The molecule has 1 atom stereocenters. The van der Waals surface area contributed by atoms with Crippen molar-refractivity contribution >= 4 is 23.2 Å². The number of fused-ring (bicyclic) bond motifs is 1. The molecular weight excluding hydrogens is 452 g/mol. The summed E-state index contributed by atoms with van der Waals surface area (Å²) >= 11 is 0. The second-order valence-electron chi connectivity index (χ2n) is 8.70. The first-order valence-electron chi connectivity index (χ1n) is 11.9. The molecule has 9 heteroatoms. The molecule has 1 aliphatic rings. The smallest absolute Gasteiger partial charge is 0.256 e. The van der Waals surface area contributed by atoms with Gasteiger partial charge in [0.2, 0.25) is 5.95 Å². The van der Waals surface area contributed by atoms with Gasteiger partial charge in [0.25, 0.3) is 5.91 Å². The molecule has 0 bridgehead atoms. The summed E-state index contributed by atoms with van der Waals surface area (Å²) in [5, 5.41) is 12.7. The number of amides is 1. The van der Waals surface area contributed by atoms with Crippen molar-refractivity contribution in [1.82, 2.24) is 24.3 Å². The van der Waals surface area contributed by atoms with Gasteiger partial charge < -0.3 is 16.0 Å². The van der Waals surface area contributed by atoms with E-state index in [-0.39, 0.29) is 11.8 Å². The topological polar surface area (TPSA) is 125 Å². The number of nitrogen functional groups attached to an aromatic ring is 1. The Morgan fingerprint density at radius 3 is 2.89 bits per heavy atom. The summed E-state index contributed by atoms with van der Waals surface area (Å²) in [6.45, 7) is 3.89. The fourth-order valence-electron chi connectivity index (χ4n) is 4.74. The van der Waals surface area contributed by atoms with Crippen molar-refractivity contribution in [3.05, 3.63) is 84.0 Å². The number of carbonyl (C=O) groups is 1. The molecule has 0 radical (unpaired) electrons. The number of nitrogens with one attached hydrogen (secondary N) is 1. The van der Waals surface area contributed by atoms with Gasteiger partial charge in [-0.1, -0.05) is 12.1 Å². The summed E-state index contributed by atoms with van der Waals surface area (Å²) < 4.78 is 1.80. The zero-order chi connectivity index (χ0) is 25.1. The monoisotopic (exact) mass is 478 g/mol. The van der Waals surface area contributed by atoms with Crippen molar-refractivity contribution in [3.8, 4) is 17.5 Å². The molecule has 3 N–H and O–H groups in total. The Hall–Kier alpha value is -4.71. The van der Waals surface area contributed by atoms with Crippen LogP contribution in [0.25, 0.3) is 16.9 Å². The minimum Gasteiger partial charge on any atom is -0.377 e. The van der Waals surface area contributed by atoms with Crippen LogP contribution in [0, 0.1) is 11.3 Å². The predicted molar refractivity (Wildman–Crippen MR) is 138 cm³/mol. The lowest BCUT2D eigenvalue weighted by molar-refractivity contribution is 0.102. The maximum atomic E-state index is 12.8. The Morgan fingerprint density at radius 2 is 2.11 bits per heavy atom. The molecule has 1 saturated heterocycles. The van der Waals surface area contributed by atoms with E-state index in [4.69, 9.17) is 10.7 Å². The summed E-state index contributed by atoms with van der Waals surface area (Å²) in [4.78, 5) is 28.5. The molecular formula is C27H26N8O. The van der Waals surface area contributed by atoms with Crippen molar-refractivity contribution in [3.63, 3.8) is 0 Å². The first-order valence-corrected chi connectivity index (χ1v) is 11.9. The molecule has 0 saturated carbocycles. The van der Waals surface area contributed by atoms with Crippen LogP contribution in [0.15, 0.2) is 67.1 Å². The lowest BCUT2D eigenvalue weighted by atomic mass is 9.94. The third kappa shape index (κ3) is 4.36. The second-order valence-corrected chi connectivity index (χ2v) is 8.70. The number of nitrogens with zero attached hydrogens (tertiary/aromatic N) is 6. The number of benzene rings is 1. The first kappa shape index (κ1) is 23.1. The zero-order valence-corrected chi connectivity index (χ0v) is 19.9. The molecule has 1 aliphatic heterocycles. The third-order valence-corrected chi connectivity index (χ3v) is 6.36. The van der Waals surface area contributed by atoms with E-state index in [1.807, 2.05) is 19.1 Å². The number of piperidine rings is 1. The molecule has 1 amide bonds. The minimum absolute atomic E-state index is 0.217. The molecule has 0 spiro atoms. The van der Waals surface area contributed by atoms with Gasteiger partial charge in [-0.3, -0.25) is 9.20 Å². The fraction of sp³-hybridized carbons (Fsp3) is 0.222. The van der Waals surface area contributed by atoms with E-state index in [0.717, 1.165) is 37.1 Å². The van der Waals surface area contributed by atoms with Crippen molar-refractivity contribution in [1.29, 1.82) is 5.26 Å². The molecule has 1 fully saturated rings. The van der Waals surface area contributed by atoms with Crippen molar-refractivity contribution in [2.75, 3.05) is 24.1 Å². The third-order valence-electron chi connectivity index (χ3n) is 6.36. The van der Waals surface area contributed by atoms with Gasteiger partial charge in [-0.2, -0.15) is 5.26 Å². The van der Waals surface area contributed by atoms with E-state index in [2.05, 4.69) is 32.5 Å². The summed E-state index contributed by atoms with van der Waals surface area (Å²) in [5.41, 5.74) is 9.39. The average Bonchev–Trinajstić information content (AvgIpc) is 3.30. The number of pyridine rings is 1. The number of imidazole rings is 1. The van der Waals surface area contributed by atoms with E-state index in [9.17, 15) is 10.1 Å². The number of carbonyl (C=O) groups excluding carboxylic acids is 1. The van der Waals surface area contributed by atoms with Crippen LogP contribution < -0.4 is 11.1 Å². The molecule has 180 valence electrons. The van der Waals surface area contributed by atoms with Crippen LogP contribution in [0.4, 0.5) is 11.8 Å². The normalized spacial score (nSPS) is 15.8. The van der Waals surface area contributed by atoms with Gasteiger partial charge in [0.1, 0.15) is 11.6 Å². The number of rotatable bonds is 5. The minimum atomic E-state index is -0.349. The van der Waals surface area contributed by atoms with Gasteiger partial charge in [-0.15, -0.1) is 0 Å². The Morgan fingerprint density at radius 1 is 1.22 bits per heavy atom. The molecule has 9 nitrogen and oxygen atoms in total. The van der Waals surface area contributed by atoms with Gasteiger partial charge in [-0.05, 0) is 62.4 Å². The van der Waals surface area contributed by atoms with Crippen LogP contribution in [-0.4, -0.2) is 43.2 Å². The lowest BCUT2D eigenvalue weighted by Gasteiger charge is -2.31. The SMILES string of the molecule is CC=CN1CCCC(c2nc(-c3ccc(C(=O)Nc4ccccn4)cc3C#N)n3c(N)nccc23)C1. The summed E-state index contributed by atoms with van der Waals surface area (Å²) in [6, 6.07) is 14.4. The number of nitriles is 1. The molecule has 5 rings (SSSR count). The standard InChI is InChI=1S/C27H26N8O/c1-2-13-34-14-5-6-19(17-34)24-22-10-12-31-27(29)35(22)25(33-24)21-9-8-18(15-20(21)16-28)26(36)32-23-7-3-4-11-30-23/h2-4,7-13,15,19H,5-6,14,17H2,1H3,(H2,29,31)(H,30,32,36). The van der Waals surface area contributed by atoms with Crippen LogP contribution in [0.1, 0.15) is 47.3 Å². The highest BCUT2D eigenvalue weighted by molar-refractivity contribution is 6.04. The highest BCUT2D eigenvalue weighted by atomic mass is 16.1. The largest absolute Gasteiger partial charge is 0.377 e. The van der Waals surface area contributed by atoms with Gasteiger partial charge in [-0.25, -0.2) is 15.0 Å². The number of anilines is 2. The molecule has 3 aromatic heterocycles. The van der Waals surface area contributed by atoms with Gasteiger partial charge in [0.05, 0.1) is 22.8 Å². The number of hydrogen-bond donors (Lipinski definition) is 2. The van der Waals surface area contributed by atoms with Crippen LogP contribution in [-0.2, 0) is 0 Å². The highest BCUT2D eigenvalue weighted by Gasteiger charge is 2.27. The van der Waals surface area contributed by atoms with Gasteiger partial charge in [0.15, 0.2) is 0 Å². The van der Waals surface area contributed by atoms with Crippen LogP contribution in [0.5, 0.6) is 0 Å². The van der Waals surface area contributed by atoms with E-state index in [1.54, 1.807) is 53.2 Å². The maximum Gasteiger partial charge on any atom is 0.256 e. The number of hydrogen-bond acceptors (Lipinski definition) is 7. The fourth-order valence-corrected chi connectivity index (χ4v) is 4.74. The van der Waals surface area contributed by atoms with E-state index in [1.165, 1.54) is 0 Å². The molecule has 36 heavy (non-hydrogen) atoms. The van der Waals surface area contributed by atoms with E-state index < -0.39 is 0 Å². The molecule has 1 aromatic carbocycles.